The number of carbonyl (C=O) groups is 1. The number of H-pyrrole nitrogens is 1. The number of imidazole rings is 1. The van der Waals surface area contributed by atoms with Gasteiger partial charge in [-0.15, -0.1) is 0 Å². The van der Waals surface area contributed by atoms with Gasteiger partial charge >= 0.3 is 5.63 Å². The number of rotatable bonds is 3. The van der Waals surface area contributed by atoms with Crippen LogP contribution in [0.5, 0.6) is 5.75 Å². The summed E-state index contributed by atoms with van der Waals surface area (Å²) in [6.45, 7) is 1.02. The Kier molecular flexibility index (Phi) is 3.68. The lowest BCUT2D eigenvalue weighted by molar-refractivity contribution is 0.0591. The third-order valence-corrected chi connectivity index (χ3v) is 5.14. The monoisotopic (exact) mass is 375 g/mol. The van der Waals surface area contributed by atoms with E-state index in [4.69, 9.17) is 9.15 Å². The molecule has 28 heavy (non-hydrogen) atoms. The van der Waals surface area contributed by atoms with Gasteiger partial charge in [0.25, 0.3) is 5.91 Å². The van der Waals surface area contributed by atoms with E-state index in [1.165, 1.54) is 7.11 Å². The van der Waals surface area contributed by atoms with Gasteiger partial charge in [-0.05, 0) is 24.3 Å². The minimum Gasteiger partial charge on any atom is -0.493 e. The van der Waals surface area contributed by atoms with Crippen LogP contribution in [0.4, 0.5) is 0 Å². The van der Waals surface area contributed by atoms with E-state index < -0.39 is 5.63 Å². The highest BCUT2D eigenvalue weighted by molar-refractivity contribution is 5.97. The molecular weight excluding hydrogens is 358 g/mol. The summed E-state index contributed by atoms with van der Waals surface area (Å²) in [5.74, 6) is 1.12. The summed E-state index contributed by atoms with van der Waals surface area (Å²) in [4.78, 5) is 34.7. The summed E-state index contributed by atoms with van der Waals surface area (Å²) in [5, 5.41) is 0.650. The van der Waals surface area contributed by atoms with Gasteiger partial charge in [-0.25, -0.2) is 9.78 Å². The lowest BCUT2D eigenvalue weighted by Gasteiger charge is -2.37. The Hall–Kier alpha value is -3.61. The molecule has 1 saturated heterocycles. The average Bonchev–Trinajstić information content (AvgIpc) is 3.09. The third-order valence-electron chi connectivity index (χ3n) is 5.14. The number of hydrogen-bond acceptors (Lipinski definition) is 5. The van der Waals surface area contributed by atoms with Crippen molar-refractivity contribution in [1.29, 1.82) is 0 Å². The van der Waals surface area contributed by atoms with Gasteiger partial charge in [0, 0.05) is 18.5 Å². The Balaban J connectivity index is 1.39. The van der Waals surface area contributed by atoms with Gasteiger partial charge in [-0.3, -0.25) is 4.79 Å². The molecule has 1 fully saturated rings. The number of para-hydroxylation sites is 3. The normalized spacial score (nSPS) is 14.4. The number of hydrogen-bond donors (Lipinski definition) is 1. The van der Waals surface area contributed by atoms with Crippen LogP contribution >= 0.6 is 0 Å². The summed E-state index contributed by atoms with van der Waals surface area (Å²) in [5.41, 5.74) is 1.60. The molecule has 1 aliphatic rings. The Morgan fingerprint density at radius 2 is 2.04 bits per heavy atom. The maximum absolute atomic E-state index is 12.8. The van der Waals surface area contributed by atoms with Crippen molar-refractivity contribution in [2.45, 2.75) is 5.92 Å². The van der Waals surface area contributed by atoms with E-state index in [-0.39, 0.29) is 17.4 Å². The molecular formula is C21H17N3O4. The minimum absolute atomic E-state index is 0.0313. The molecule has 2 aromatic heterocycles. The van der Waals surface area contributed by atoms with Crippen LogP contribution in [0.25, 0.3) is 22.0 Å². The molecule has 0 bridgehead atoms. The largest absolute Gasteiger partial charge is 0.493 e. The van der Waals surface area contributed by atoms with Crippen molar-refractivity contribution in [3.8, 4) is 5.75 Å². The van der Waals surface area contributed by atoms with Crippen LogP contribution in [0.1, 0.15) is 22.1 Å². The van der Waals surface area contributed by atoms with E-state index in [2.05, 4.69) is 9.97 Å². The van der Waals surface area contributed by atoms with Crippen molar-refractivity contribution in [3.05, 3.63) is 70.3 Å². The van der Waals surface area contributed by atoms with Crippen molar-refractivity contribution < 1.29 is 13.9 Å². The zero-order valence-electron chi connectivity index (χ0n) is 15.1. The summed E-state index contributed by atoms with van der Waals surface area (Å²) in [7, 11) is 1.51. The molecule has 0 aliphatic carbocycles. The number of nitrogens with one attached hydrogen (secondary N) is 1. The number of ether oxygens (including phenoxy) is 1. The van der Waals surface area contributed by atoms with E-state index in [1.807, 2.05) is 24.3 Å². The van der Waals surface area contributed by atoms with Crippen molar-refractivity contribution >= 4 is 27.9 Å². The Labute approximate surface area is 159 Å². The number of fused-ring (bicyclic) bond motifs is 2. The average molecular weight is 375 g/mol. The van der Waals surface area contributed by atoms with Gasteiger partial charge in [0.2, 0.25) is 0 Å². The number of aromatic nitrogens is 2. The van der Waals surface area contributed by atoms with E-state index in [0.29, 0.717) is 29.8 Å². The fourth-order valence-electron chi connectivity index (χ4n) is 3.58. The third kappa shape index (κ3) is 2.55. The summed E-state index contributed by atoms with van der Waals surface area (Å²) >= 11 is 0. The molecule has 3 heterocycles. The van der Waals surface area contributed by atoms with Gasteiger partial charge < -0.3 is 19.0 Å². The number of nitrogens with zero attached hydrogens (tertiary/aromatic N) is 2. The van der Waals surface area contributed by atoms with Gasteiger partial charge in [0.15, 0.2) is 11.3 Å². The molecule has 4 aromatic rings. The standard InChI is InChI=1S/C21H17N3O4/c1-27-17-8-4-5-12-9-14(21(26)28-18(12)17)20(25)24-10-13(11-24)19-22-15-6-2-3-7-16(15)23-19/h2-9,13H,10-11H2,1H3,(H,22,23). The Morgan fingerprint density at radius 1 is 1.21 bits per heavy atom. The first kappa shape index (κ1) is 16.6. The van der Waals surface area contributed by atoms with E-state index in [9.17, 15) is 9.59 Å². The number of methoxy groups -OCH3 is 1. The topological polar surface area (TPSA) is 88.4 Å². The highest BCUT2D eigenvalue weighted by Gasteiger charge is 2.35. The van der Waals surface area contributed by atoms with Crippen molar-refractivity contribution in [1.82, 2.24) is 14.9 Å². The first-order valence-corrected chi connectivity index (χ1v) is 8.99. The molecule has 0 atom stereocenters. The molecule has 1 aliphatic heterocycles. The molecule has 1 N–H and O–H groups in total. The van der Waals surface area contributed by atoms with Crippen molar-refractivity contribution in [3.63, 3.8) is 0 Å². The lowest BCUT2D eigenvalue weighted by atomic mass is 9.98. The van der Waals surface area contributed by atoms with Gasteiger partial charge in [0.05, 0.1) is 24.1 Å². The molecule has 0 unspecified atom stereocenters. The molecule has 7 nitrogen and oxygen atoms in total. The predicted molar refractivity (Wildman–Crippen MR) is 104 cm³/mol. The van der Waals surface area contributed by atoms with E-state index in [1.54, 1.807) is 29.2 Å². The smallest absolute Gasteiger partial charge is 0.349 e. The maximum Gasteiger partial charge on any atom is 0.349 e. The minimum atomic E-state index is -0.658. The zero-order valence-corrected chi connectivity index (χ0v) is 15.1. The molecule has 0 radical (unpaired) electrons. The molecule has 0 spiro atoms. The second-order valence-corrected chi connectivity index (χ2v) is 6.87. The molecule has 2 aromatic carbocycles. The second-order valence-electron chi connectivity index (χ2n) is 6.87. The first-order chi connectivity index (χ1) is 13.6. The zero-order chi connectivity index (χ0) is 19.3. The van der Waals surface area contributed by atoms with Crippen molar-refractivity contribution in [2.75, 3.05) is 20.2 Å². The van der Waals surface area contributed by atoms with Crippen LogP contribution < -0.4 is 10.4 Å². The second kappa shape index (κ2) is 6.23. The molecule has 5 rings (SSSR count). The van der Waals surface area contributed by atoms with Crippen LogP contribution in [0.15, 0.2) is 57.7 Å². The fraction of sp³-hybridized carbons (Fsp3) is 0.190. The number of amides is 1. The molecule has 0 saturated carbocycles. The first-order valence-electron chi connectivity index (χ1n) is 8.99. The summed E-state index contributed by atoms with van der Waals surface area (Å²) in [6.07, 6.45) is 0. The predicted octanol–water partition coefficient (Wildman–Crippen LogP) is 2.92. The van der Waals surface area contributed by atoms with Crippen LogP contribution in [-0.4, -0.2) is 41.0 Å². The van der Waals surface area contributed by atoms with Crippen LogP contribution in [0.3, 0.4) is 0 Å². The number of aromatic amines is 1. The summed E-state index contributed by atoms with van der Waals surface area (Å²) < 4.78 is 10.6. The quantitative estimate of drug-likeness (QED) is 0.556. The van der Waals surface area contributed by atoms with E-state index in [0.717, 1.165) is 16.9 Å². The SMILES string of the molecule is COc1cccc2cc(C(=O)N3CC(c4nc5ccccc5[nH]4)C3)c(=O)oc12. The molecule has 1 amide bonds. The van der Waals surface area contributed by atoms with Crippen LogP contribution in [-0.2, 0) is 0 Å². The highest BCUT2D eigenvalue weighted by atomic mass is 16.5. The number of carbonyl (C=O) groups excluding carboxylic acids is 1. The summed E-state index contributed by atoms with van der Waals surface area (Å²) in [6, 6.07) is 14.7. The fourth-order valence-corrected chi connectivity index (χ4v) is 3.58. The number of likely N-dealkylation sites (tertiary alicyclic amines) is 1. The van der Waals surface area contributed by atoms with Gasteiger partial charge in [-0.2, -0.15) is 0 Å². The molecule has 140 valence electrons. The maximum atomic E-state index is 12.8. The lowest BCUT2D eigenvalue weighted by Crippen LogP contribution is -2.49. The Morgan fingerprint density at radius 3 is 2.82 bits per heavy atom. The van der Waals surface area contributed by atoms with Crippen LogP contribution in [0, 0.1) is 0 Å². The van der Waals surface area contributed by atoms with Gasteiger partial charge in [0.1, 0.15) is 11.4 Å². The van der Waals surface area contributed by atoms with Crippen LogP contribution in [0.2, 0.25) is 0 Å². The number of benzene rings is 2. The van der Waals surface area contributed by atoms with Crippen molar-refractivity contribution in [2.24, 2.45) is 0 Å². The Bertz CT molecular complexity index is 1230. The van der Waals surface area contributed by atoms with Gasteiger partial charge in [-0.1, -0.05) is 24.3 Å². The molecule has 7 heteroatoms. The van der Waals surface area contributed by atoms with E-state index >= 15 is 0 Å². The highest BCUT2D eigenvalue weighted by Crippen LogP contribution is 2.29.